The van der Waals surface area contributed by atoms with Crippen LogP contribution in [0.1, 0.15) is 26.7 Å². The van der Waals surface area contributed by atoms with Crippen LogP contribution in [0.3, 0.4) is 0 Å². The fraction of sp³-hybridized carbons (Fsp3) is 0.667. The van der Waals surface area contributed by atoms with Crippen LogP contribution in [-0.2, 0) is 0 Å². The molecule has 0 bridgehead atoms. The Balaban J connectivity index is 3.10. The van der Waals surface area contributed by atoms with Gasteiger partial charge in [0.2, 0.25) is 0 Å². The molecule has 0 spiro atoms. The van der Waals surface area contributed by atoms with Crippen LogP contribution in [0, 0.1) is 0 Å². The molecule has 4 nitrogen and oxygen atoms in total. The third-order valence-electron chi connectivity index (χ3n) is 2.87. The molecule has 1 aromatic heterocycles. The van der Waals surface area contributed by atoms with Crippen molar-refractivity contribution in [2.24, 2.45) is 0 Å². The summed E-state index contributed by atoms with van der Waals surface area (Å²) in [5, 5.41) is 0.521. The summed E-state index contributed by atoms with van der Waals surface area (Å²) in [4.78, 5) is 10.4. The van der Waals surface area contributed by atoms with Gasteiger partial charge >= 0.3 is 6.01 Å². The highest BCUT2D eigenvalue weighted by Gasteiger charge is 2.20. The highest BCUT2D eigenvalue weighted by atomic mass is 35.5. The summed E-state index contributed by atoms with van der Waals surface area (Å²) in [6.07, 6.45) is 3.58. The van der Waals surface area contributed by atoms with E-state index in [2.05, 4.69) is 28.7 Å². The smallest absolute Gasteiger partial charge is 0.318 e. The third-order valence-corrected chi connectivity index (χ3v) is 3.30. The first-order valence-corrected chi connectivity index (χ1v) is 6.98. The van der Waals surface area contributed by atoms with Gasteiger partial charge in [-0.1, -0.05) is 25.4 Å². The number of methoxy groups -OCH3 is 1. The molecule has 0 saturated carbocycles. The average molecular weight is 292 g/mol. The van der Waals surface area contributed by atoms with E-state index in [9.17, 15) is 0 Å². The Hall–Kier alpha value is -0.740. The van der Waals surface area contributed by atoms with Crippen LogP contribution < -0.4 is 9.64 Å². The molecule has 0 fully saturated rings. The molecule has 1 aromatic rings. The standard InChI is InChI=1S/C12H19Cl2N3O/c1-4-9(5-2)17(7-6-13)11-10(14)8-15-12(16-11)18-3/h8-9H,4-7H2,1-3H3. The highest BCUT2D eigenvalue weighted by molar-refractivity contribution is 6.32. The van der Waals surface area contributed by atoms with Crippen LogP contribution >= 0.6 is 23.2 Å². The normalized spacial score (nSPS) is 10.8. The summed E-state index contributed by atoms with van der Waals surface area (Å²) in [6.45, 7) is 4.98. The van der Waals surface area contributed by atoms with Crippen LogP contribution in [0.25, 0.3) is 0 Å². The van der Waals surface area contributed by atoms with E-state index in [4.69, 9.17) is 27.9 Å². The SMILES string of the molecule is CCC(CC)N(CCCl)c1nc(OC)ncc1Cl. The minimum atomic E-state index is 0.319. The summed E-state index contributed by atoms with van der Waals surface area (Å²) < 4.78 is 5.04. The van der Waals surface area contributed by atoms with Crippen molar-refractivity contribution in [2.45, 2.75) is 32.7 Å². The number of anilines is 1. The van der Waals surface area contributed by atoms with Gasteiger partial charge in [-0.05, 0) is 12.8 Å². The van der Waals surface area contributed by atoms with Crippen molar-refractivity contribution in [1.29, 1.82) is 0 Å². The Labute approximate surface area is 118 Å². The van der Waals surface area contributed by atoms with E-state index >= 15 is 0 Å². The van der Waals surface area contributed by atoms with Crippen molar-refractivity contribution in [3.63, 3.8) is 0 Å². The summed E-state index contributed by atoms with van der Waals surface area (Å²) >= 11 is 12.0. The number of hydrogen-bond donors (Lipinski definition) is 0. The molecular weight excluding hydrogens is 273 g/mol. The van der Waals surface area contributed by atoms with E-state index < -0.39 is 0 Å². The third kappa shape index (κ3) is 3.62. The van der Waals surface area contributed by atoms with Crippen molar-refractivity contribution in [3.8, 4) is 6.01 Å². The van der Waals surface area contributed by atoms with Gasteiger partial charge in [-0.15, -0.1) is 11.6 Å². The molecule has 0 aliphatic heterocycles. The second kappa shape index (κ2) is 7.64. The monoisotopic (exact) mass is 291 g/mol. The second-order valence-electron chi connectivity index (χ2n) is 3.88. The first-order valence-electron chi connectivity index (χ1n) is 6.07. The van der Waals surface area contributed by atoms with Crippen LogP contribution in [0.15, 0.2) is 6.20 Å². The molecule has 1 rings (SSSR count). The van der Waals surface area contributed by atoms with Crippen LogP contribution in [-0.4, -0.2) is 35.5 Å². The van der Waals surface area contributed by atoms with Gasteiger partial charge in [0, 0.05) is 18.5 Å². The van der Waals surface area contributed by atoms with E-state index in [1.165, 1.54) is 7.11 Å². The lowest BCUT2D eigenvalue weighted by Gasteiger charge is -2.31. The highest BCUT2D eigenvalue weighted by Crippen LogP contribution is 2.27. The number of alkyl halides is 1. The van der Waals surface area contributed by atoms with E-state index in [0.29, 0.717) is 35.3 Å². The first-order chi connectivity index (χ1) is 8.67. The fourth-order valence-corrected chi connectivity index (χ4v) is 2.31. The Bertz CT molecular complexity index is 372. The number of nitrogens with zero attached hydrogens (tertiary/aromatic N) is 3. The maximum Gasteiger partial charge on any atom is 0.318 e. The molecule has 0 aromatic carbocycles. The van der Waals surface area contributed by atoms with E-state index in [1.807, 2.05) is 0 Å². The molecule has 0 saturated heterocycles. The summed E-state index contributed by atoms with van der Waals surface area (Å²) in [6, 6.07) is 0.681. The molecule has 6 heteroatoms. The van der Waals surface area contributed by atoms with E-state index in [1.54, 1.807) is 6.20 Å². The Morgan fingerprint density at radius 1 is 1.39 bits per heavy atom. The predicted octanol–water partition coefficient (Wildman–Crippen LogP) is 3.37. The van der Waals surface area contributed by atoms with E-state index in [0.717, 1.165) is 12.8 Å². The van der Waals surface area contributed by atoms with Gasteiger partial charge in [0.05, 0.1) is 13.3 Å². The van der Waals surface area contributed by atoms with Gasteiger partial charge in [0.25, 0.3) is 0 Å². The second-order valence-corrected chi connectivity index (χ2v) is 4.67. The summed E-state index contributed by atoms with van der Waals surface area (Å²) in [7, 11) is 1.54. The van der Waals surface area contributed by atoms with Gasteiger partial charge in [0.1, 0.15) is 5.02 Å². The van der Waals surface area contributed by atoms with Crippen molar-refractivity contribution in [1.82, 2.24) is 9.97 Å². The van der Waals surface area contributed by atoms with Gasteiger partial charge in [-0.25, -0.2) is 4.98 Å². The first kappa shape index (κ1) is 15.3. The predicted molar refractivity (Wildman–Crippen MR) is 76.0 cm³/mol. The lowest BCUT2D eigenvalue weighted by Crippen LogP contribution is -2.37. The average Bonchev–Trinajstić information content (AvgIpc) is 2.40. The zero-order valence-electron chi connectivity index (χ0n) is 11.0. The van der Waals surface area contributed by atoms with E-state index in [-0.39, 0.29) is 0 Å². The lowest BCUT2D eigenvalue weighted by molar-refractivity contribution is 0.379. The molecule has 0 unspecified atom stereocenters. The molecule has 0 radical (unpaired) electrons. The summed E-state index contributed by atoms with van der Waals surface area (Å²) in [5.41, 5.74) is 0. The van der Waals surface area contributed by atoms with Crippen LogP contribution in [0.4, 0.5) is 5.82 Å². The Morgan fingerprint density at radius 3 is 2.56 bits per heavy atom. The molecule has 0 atom stereocenters. The minimum Gasteiger partial charge on any atom is -0.467 e. The van der Waals surface area contributed by atoms with Gasteiger partial charge in [-0.3, -0.25) is 0 Å². The molecule has 0 aliphatic rings. The molecule has 0 aliphatic carbocycles. The number of halogens is 2. The Morgan fingerprint density at radius 2 is 2.06 bits per heavy atom. The number of hydrogen-bond acceptors (Lipinski definition) is 4. The lowest BCUT2D eigenvalue weighted by atomic mass is 10.1. The molecule has 102 valence electrons. The van der Waals surface area contributed by atoms with Crippen molar-refractivity contribution in [3.05, 3.63) is 11.2 Å². The van der Waals surface area contributed by atoms with Gasteiger partial charge in [-0.2, -0.15) is 4.98 Å². The zero-order valence-corrected chi connectivity index (χ0v) is 12.5. The maximum atomic E-state index is 6.18. The topological polar surface area (TPSA) is 38.2 Å². The van der Waals surface area contributed by atoms with Crippen LogP contribution in [0.5, 0.6) is 6.01 Å². The van der Waals surface area contributed by atoms with Crippen LogP contribution in [0.2, 0.25) is 5.02 Å². The Kier molecular flexibility index (Phi) is 6.50. The number of rotatable bonds is 7. The quantitative estimate of drug-likeness (QED) is 0.722. The summed E-state index contributed by atoms with van der Waals surface area (Å²) in [5.74, 6) is 1.22. The molecule has 0 N–H and O–H groups in total. The molecular formula is C12H19Cl2N3O. The molecule has 18 heavy (non-hydrogen) atoms. The molecule has 0 amide bonds. The van der Waals surface area contributed by atoms with Crippen molar-refractivity contribution < 1.29 is 4.74 Å². The zero-order chi connectivity index (χ0) is 13.5. The van der Waals surface area contributed by atoms with Crippen molar-refractivity contribution >= 4 is 29.0 Å². The molecule has 1 heterocycles. The van der Waals surface area contributed by atoms with Gasteiger partial charge < -0.3 is 9.64 Å². The maximum absolute atomic E-state index is 6.18. The van der Waals surface area contributed by atoms with Gasteiger partial charge in [0.15, 0.2) is 5.82 Å². The number of ether oxygens (including phenoxy) is 1. The number of aromatic nitrogens is 2. The fourth-order valence-electron chi connectivity index (χ4n) is 1.92. The largest absolute Gasteiger partial charge is 0.467 e. The minimum absolute atomic E-state index is 0.319. The van der Waals surface area contributed by atoms with Crippen molar-refractivity contribution in [2.75, 3.05) is 24.4 Å².